The van der Waals surface area contributed by atoms with Gasteiger partial charge in [-0.1, -0.05) is 5.57 Å². The van der Waals surface area contributed by atoms with Crippen LogP contribution in [0, 0.1) is 29.1 Å². The first-order chi connectivity index (χ1) is 11.9. The van der Waals surface area contributed by atoms with E-state index in [1.54, 1.807) is 20.8 Å². The third-order valence-corrected chi connectivity index (χ3v) is 6.05. The smallest absolute Gasteiger partial charge is 0.396 e. The molecule has 0 aliphatic heterocycles. The van der Waals surface area contributed by atoms with Gasteiger partial charge in [-0.2, -0.15) is 13.2 Å². The van der Waals surface area contributed by atoms with E-state index < -0.39 is 23.8 Å². The fraction of sp³-hybridized carbons (Fsp3) is 0.800. The van der Waals surface area contributed by atoms with Crippen LogP contribution in [0.5, 0.6) is 0 Å². The summed E-state index contributed by atoms with van der Waals surface area (Å²) in [5.41, 5.74) is 0.140. The molecule has 3 aliphatic rings. The quantitative estimate of drug-likeness (QED) is 0.525. The maximum atomic E-state index is 12.5. The van der Waals surface area contributed by atoms with Crippen molar-refractivity contribution in [2.75, 3.05) is 0 Å². The number of alkyl halides is 3. The van der Waals surface area contributed by atoms with Gasteiger partial charge in [-0.05, 0) is 76.7 Å². The van der Waals surface area contributed by atoms with Gasteiger partial charge in [0.2, 0.25) is 0 Å². The molecule has 6 heteroatoms. The summed E-state index contributed by atoms with van der Waals surface area (Å²) in [6.07, 6.45) is -0.495. The number of hydrogen-bond acceptors (Lipinski definition) is 3. The molecule has 0 N–H and O–H groups in total. The minimum Gasteiger partial charge on any atom is -0.461 e. The Balaban J connectivity index is 1.85. The van der Waals surface area contributed by atoms with Gasteiger partial charge in [0.1, 0.15) is 12.5 Å². The zero-order valence-electron chi connectivity index (χ0n) is 15.6. The molecule has 0 aromatic rings. The standard InChI is InChI=1S/C20H27F3O3/c1-19(2,3)18(25)26-17-14-7-11-4-5-12(16(17)13(6-11)8-14)9-15(24)10-20(21,22)23/h9,11,13-14,16-17H,4-8,10H2,1-3H3/b12-9-/t11?,13-,14+,16?,17-/m0/s1. The number of allylic oxidation sites excluding steroid dienone is 1. The molecule has 0 heterocycles. The Morgan fingerprint density at radius 1 is 1.12 bits per heavy atom. The second kappa shape index (κ2) is 6.68. The van der Waals surface area contributed by atoms with E-state index in [1.807, 2.05) is 0 Å². The summed E-state index contributed by atoms with van der Waals surface area (Å²) in [4.78, 5) is 24.3. The number of carbonyl (C=O) groups excluding carboxylic acids is 2. The summed E-state index contributed by atoms with van der Waals surface area (Å²) < 4.78 is 43.5. The normalized spacial score (nSPS) is 35.5. The Hall–Kier alpha value is -1.33. The molecular formula is C20H27F3O3. The Morgan fingerprint density at radius 3 is 2.38 bits per heavy atom. The Morgan fingerprint density at radius 2 is 1.77 bits per heavy atom. The summed E-state index contributed by atoms with van der Waals surface area (Å²) >= 11 is 0. The van der Waals surface area contributed by atoms with Crippen molar-refractivity contribution in [1.29, 1.82) is 0 Å². The molecular weight excluding hydrogens is 345 g/mol. The van der Waals surface area contributed by atoms with E-state index >= 15 is 0 Å². The van der Waals surface area contributed by atoms with E-state index in [2.05, 4.69) is 0 Å². The van der Waals surface area contributed by atoms with E-state index in [4.69, 9.17) is 4.74 Å². The lowest BCUT2D eigenvalue weighted by molar-refractivity contribution is -0.162. The number of hydrogen-bond donors (Lipinski definition) is 0. The lowest BCUT2D eigenvalue weighted by Gasteiger charge is -2.32. The van der Waals surface area contributed by atoms with Crippen molar-refractivity contribution in [3.05, 3.63) is 11.6 Å². The summed E-state index contributed by atoms with van der Waals surface area (Å²) in [7, 11) is 0. The van der Waals surface area contributed by atoms with Gasteiger partial charge in [0.15, 0.2) is 5.78 Å². The monoisotopic (exact) mass is 372 g/mol. The molecule has 0 amide bonds. The highest BCUT2D eigenvalue weighted by atomic mass is 19.4. The number of halogens is 3. The zero-order valence-corrected chi connectivity index (χ0v) is 15.6. The van der Waals surface area contributed by atoms with Crippen molar-refractivity contribution in [1.82, 2.24) is 0 Å². The van der Waals surface area contributed by atoms with Gasteiger partial charge in [0.05, 0.1) is 5.41 Å². The van der Waals surface area contributed by atoms with E-state index in [1.165, 1.54) is 6.08 Å². The fourth-order valence-corrected chi connectivity index (χ4v) is 5.04. The van der Waals surface area contributed by atoms with Gasteiger partial charge < -0.3 is 4.74 Å². The van der Waals surface area contributed by atoms with Crippen LogP contribution in [0.1, 0.15) is 59.3 Å². The van der Waals surface area contributed by atoms with E-state index in [0.29, 0.717) is 18.3 Å². The van der Waals surface area contributed by atoms with Crippen LogP contribution in [0.4, 0.5) is 13.2 Å². The maximum absolute atomic E-state index is 12.5. The van der Waals surface area contributed by atoms with Crippen molar-refractivity contribution >= 4 is 11.8 Å². The predicted molar refractivity (Wildman–Crippen MR) is 90.1 cm³/mol. The van der Waals surface area contributed by atoms with Crippen LogP contribution in [0.2, 0.25) is 0 Å². The van der Waals surface area contributed by atoms with Crippen LogP contribution in [0.25, 0.3) is 0 Å². The van der Waals surface area contributed by atoms with E-state index in [-0.39, 0.29) is 23.9 Å². The highest BCUT2D eigenvalue weighted by Crippen LogP contribution is 2.56. The number of carbonyl (C=O) groups is 2. The van der Waals surface area contributed by atoms with Gasteiger partial charge >= 0.3 is 12.1 Å². The average Bonchev–Trinajstić information content (AvgIpc) is 2.63. The minimum absolute atomic E-state index is 0.101. The van der Waals surface area contributed by atoms with Crippen molar-refractivity contribution in [3.63, 3.8) is 0 Å². The number of esters is 1. The van der Waals surface area contributed by atoms with Gasteiger partial charge in [-0.3, -0.25) is 9.59 Å². The molecule has 5 atom stereocenters. The molecule has 0 aromatic heterocycles. The molecule has 3 bridgehead atoms. The summed E-state index contributed by atoms with van der Waals surface area (Å²) in [5.74, 6) is -0.188. The molecule has 0 saturated heterocycles. The highest BCUT2D eigenvalue weighted by Gasteiger charge is 2.53. The largest absolute Gasteiger partial charge is 0.461 e. The molecule has 0 spiro atoms. The van der Waals surface area contributed by atoms with Crippen molar-refractivity contribution in [2.24, 2.45) is 29.1 Å². The number of rotatable bonds is 3. The zero-order chi connectivity index (χ0) is 19.3. The summed E-state index contributed by atoms with van der Waals surface area (Å²) in [6, 6.07) is 0. The number of ether oxygens (including phenoxy) is 1. The average molecular weight is 372 g/mol. The van der Waals surface area contributed by atoms with Crippen LogP contribution >= 0.6 is 0 Å². The van der Waals surface area contributed by atoms with Crippen molar-refractivity contribution in [3.8, 4) is 0 Å². The topological polar surface area (TPSA) is 43.4 Å². The summed E-state index contributed by atoms with van der Waals surface area (Å²) in [6.45, 7) is 5.39. The first kappa shape index (κ1) is 19.4. The molecule has 3 rings (SSSR count). The molecule has 0 aromatic carbocycles. The van der Waals surface area contributed by atoms with Crippen molar-refractivity contribution in [2.45, 2.75) is 71.6 Å². The molecule has 3 nitrogen and oxygen atoms in total. The number of ketones is 1. The second-order valence-corrected chi connectivity index (χ2v) is 9.26. The van der Waals surface area contributed by atoms with E-state index in [0.717, 1.165) is 31.3 Å². The lowest BCUT2D eigenvalue weighted by Crippen LogP contribution is -2.35. The van der Waals surface area contributed by atoms with Crippen LogP contribution in [-0.4, -0.2) is 24.0 Å². The lowest BCUT2D eigenvalue weighted by atomic mass is 9.79. The first-order valence-corrected chi connectivity index (χ1v) is 9.45. The molecule has 3 fully saturated rings. The highest BCUT2D eigenvalue weighted by molar-refractivity contribution is 5.91. The van der Waals surface area contributed by atoms with Gasteiger partial charge in [0.25, 0.3) is 0 Å². The molecule has 2 unspecified atom stereocenters. The van der Waals surface area contributed by atoms with Crippen LogP contribution in [0.3, 0.4) is 0 Å². The number of fused-ring (bicyclic) bond motifs is 2. The first-order valence-electron chi connectivity index (χ1n) is 9.45. The second-order valence-electron chi connectivity index (χ2n) is 9.26. The molecule has 26 heavy (non-hydrogen) atoms. The molecule has 146 valence electrons. The van der Waals surface area contributed by atoms with Crippen LogP contribution in [-0.2, 0) is 14.3 Å². The fourth-order valence-electron chi connectivity index (χ4n) is 5.04. The summed E-state index contributed by atoms with van der Waals surface area (Å²) in [5, 5.41) is 0. The SMILES string of the molecule is CC(C)(C)C(=O)O[C@@H]1C2/C(=C\C(=O)CC(F)(F)F)CCC3C[C@H]2C[C@H]1C3. The van der Waals surface area contributed by atoms with Gasteiger partial charge in [-0.15, -0.1) is 0 Å². The maximum Gasteiger partial charge on any atom is 0.396 e. The minimum atomic E-state index is -4.49. The molecule has 0 radical (unpaired) electrons. The Labute approximate surface area is 152 Å². The van der Waals surface area contributed by atoms with Crippen LogP contribution in [0.15, 0.2) is 11.6 Å². The molecule has 3 saturated carbocycles. The van der Waals surface area contributed by atoms with Crippen LogP contribution < -0.4 is 0 Å². The predicted octanol–water partition coefficient (Wildman–Crippen LogP) is 4.85. The van der Waals surface area contributed by atoms with Gasteiger partial charge in [0, 0.05) is 5.92 Å². The Kier molecular flexibility index (Phi) is 4.99. The Bertz CT molecular complexity index is 615. The van der Waals surface area contributed by atoms with E-state index in [9.17, 15) is 22.8 Å². The van der Waals surface area contributed by atoms with Crippen molar-refractivity contribution < 1.29 is 27.5 Å². The van der Waals surface area contributed by atoms with Gasteiger partial charge in [-0.25, -0.2) is 0 Å². The third-order valence-electron chi connectivity index (χ3n) is 6.05. The third kappa shape index (κ3) is 4.15. The molecule has 3 aliphatic carbocycles.